The van der Waals surface area contributed by atoms with E-state index in [2.05, 4.69) is 20.6 Å². The molecule has 2 fully saturated rings. The number of nitrogens with one attached hydrogen (secondary N) is 2. The minimum absolute atomic E-state index is 0.0558. The predicted molar refractivity (Wildman–Crippen MR) is 129 cm³/mol. The second kappa shape index (κ2) is 10.9. The summed E-state index contributed by atoms with van der Waals surface area (Å²) in [4.78, 5) is 30.2. The molecule has 5 rings (SSSR count). The Labute approximate surface area is 202 Å². The highest BCUT2D eigenvalue weighted by Gasteiger charge is 2.21. The second-order valence-corrected chi connectivity index (χ2v) is 8.35. The molecule has 182 valence electrons. The highest BCUT2D eigenvalue weighted by molar-refractivity contribution is 5.92. The van der Waals surface area contributed by atoms with Crippen molar-refractivity contribution in [1.29, 1.82) is 0 Å². The topological polar surface area (TPSA) is 145 Å². The number of amides is 2. The summed E-state index contributed by atoms with van der Waals surface area (Å²) in [6.45, 7) is 1.46. The molecular weight excluding hydrogens is 451 g/mol. The van der Waals surface area contributed by atoms with E-state index in [1.165, 1.54) is 18.2 Å². The van der Waals surface area contributed by atoms with E-state index in [-0.39, 0.29) is 23.2 Å². The van der Waals surface area contributed by atoms with Crippen LogP contribution in [0.2, 0.25) is 0 Å². The minimum atomic E-state index is -0.672. The van der Waals surface area contributed by atoms with Gasteiger partial charge in [-0.1, -0.05) is 0 Å². The maximum Gasteiger partial charge on any atom is 0.267 e. The number of hydrogen-bond acceptors (Lipinski definition) is 7. The largest absolute Gasteiger partial charge is 0.457 e. The third-order valence-electron chi connectivity index (χ3n) is 5.43. The number of nitrogens with zero attached hydrogens (tertiary/aromatic N) is 2. The van der Waals surface area contributed by atoms with E-state index in [0.29, 0.717) is 29.9 Å². The zero-order chi connectivity index (χ0) is 24.8. The molecule has 35 heavy (non-hydrogen) atoms. The van der Waals surface area contributed by atoms with Crippen LogP contribution in [-0.2, 0) is 11.3 Å². The van der Waals surface area contributed by atoms with E-state index in [4.69, 9.17) is 16.2 Å². The van der Waals surface area contributed by atoms with Gasteiger partial charge in [0, 0.05) is 37.2 Å². The molecule has 3 aromatic rings. The number of rotatable bonds is 7. The Bertz CT molecular complexity index is 1210. The highest BCUT2D eigenvalue weighted by atomic mass is 19.1. The Morgan fingerprint density at radius 3 is 2.46 bits per heavy atom. The number of benzene rings is 2. The van der Waals surface area contributed by atoms with Crippen molar-refractivity contribution in [3.8, 4) is 22.9 Å². The molecule has 9 nitrogen and oxygen atoms in total. The van der Waals surface area contributed by atoms with Crippen molar-refractivity contribution in [1.82, 2.24) is 20.6 Å². The normalized spacial score (nSPS) is 14.6. The van der Waals surface area contributed by atoms with Crippen molar-refractivity contribution in [3.05, 3.63) is 65.6 Å². The number of aromatic nitrogens is 2. The van der Waals surface area contributed by atoms with E-state index >= 15 is 0 Å². The first kappa shape index (κ1) is 24.1. The first-order valence-electron chi connectivity index (χ1n) is 11.4. The molecule has 2 heterocycles. The van der Waals surface area contributed by atoms with Crippen LogP contribution in [0.4, 0.5) is 10.2 Å². The molecular formula is C25H27FN6O3. The number of ether oxygens (including phenoxy) is 1. The van der Waals surface area contributed by atoms with Crippen LogP contribution >= 0.6 is 0 Å². The maximum absolute atomic E-state index is 13.1. The third kappa shape index (κ3) is 6.97. The highest BCUT2D eigenvalue weighted by Crippen LogP contribution is 2.30. The zero-order valence-electron chi connectivity index (χ0n) is 19.1. The fourth-order valence-corrected chi connectivity index (χ4v) is 3.46. The number of primary amides is 1. The molecule has 1 saturated heterocycles. The Morgan fingerprint density at radius 2 is 1.86 bits per heavy atom. The molecule has 1 aromatic heterocycles. The van der Waals surface area contributed by atoms with Gasteiger partial charge in [0.15, 0.2) is 5.82 Å². The molecule has 0 spiro atoms. The maximum atomic E-state index is 13.1. The molecule has 0 bridgehead atoms. The fourth-order valence-electron chi connectivity index (χ4n) is 3.46. The van der Waals surface area contributed by atoms with E-state index in [1.807, 2.05) is 12.1 Å². The summed E-state index contributed by atoms with van der Waals surface area (Å²) in [7, 11) is 0. The van der Waals surface area contributed by atoms with Crippen molar-refractivity contribution < 1.29 is 18.7 Å². The molecule has 10 heteroatoms. The molecule has 2 aromatic carbocycles. The molecule has 0 radical (unpaired) electrons. The fraction of sp³-hybridized carbons (Fsp3) is 0.280. The van der Waals surface area contributed by atoms with Gasteiger partial charge >= 0.3 is 0 Å². The standard InChI is InChI=1S/C21H20FN5O2.C4H7NO/c22-13-1-5-15(6-2-13)29-16-7-8-17(12(9-16)11-25-14-3-4-14)21-26-18(20(24)28)10-19(23)27-21;6-4-2-1-3-5-4/h1-2,5-10,14,25H,3-4,11H2,(H2,24,28)(H2,23,26,27);1-3H2,(H,5,6). The lowest BCUT2D eigenvalue weighted by Crippen LogP contribution is -2.17. The van der Waals surface area contributed by atoms with Gasteiger partial charge in [-0.3, -0.25) is 9.59 Å². The van der Waals surface area contributed by atoms with Gasteiger partial charge < -0.3 is 26.8 Å². The van der Waals surface area contributed by atoms with Gasteiger partial charge in [0.25, 0.3) is 5.91 Å². The Balaban J connectivity index is 0.000000421. The van der Waals surface area contributed by atoms with Crippen LogP contribution in [0.5, 0.6) is 11.5 Å². The van der Waals surface area contributed by atoms with E-state index in [0.717, 1.165) is 43.4 Å². The molecule has 0 atom stereocenters. The lowest BCUT2D eigenvalue weighted by Gasteiger charge is -2.13. The number of anilines is 1. The number of nitrogens with two attached hydrogens (primary N) is 2. The second-order valence-electron chi connectivity index (χ2n) is 8.35. The Kier molecular flexibility index (Phi) is 7.51. The first-order valence-corrected chi connectivity index (χ1v) is 11.4. The monoisotopic (exact) mass is 478 g/mol. The van der Waals surface area contributed by atoms with Gasteiger partial charge in [0.2, 0.25) is 5.91 Å². The molecule has 1 saturated carbocycles. The number of carbonyl (C=O) groups excluding carboxylic acids is 2. The summed E-state index contributed by atoms with van der Waals surface area (Å²) >= 11 is 0. The lowest BCUT2D eigenvalue weighted by molar-refractivity contribution is -0.119. The van der Waals surface area contributed by atoms with E-state index in [9.17, 15) is 14.0 Å². The Morgan fingerprint density at radius 1 is 1.11 bits per heavy atom. The van der Waals surface area contributed by atoms with Crippen LogP contribution in [0.1, 0.15) is 41.7 Å². The quantitative estimate of drug-likeness (QED) is 0.408. The van der Waals surface area contributed by atoms with Crippen molar-refractivity contribution in [3.63, 3.8) is 0 Å². The SMILES string of the molecule is NC(=O)c1cc(N)nc(-c2ccc(Oc3ccc(F)cc3)cc2CNC2CC2)n1.O=C1CCCN1. The van der Waals surface area contributed by atoms with Gasteiger partial charge in [-0.2, -0.15) is 0 Å². The van der Waals surface area contributed by atoms with Crippen molar-refractivity contribution in [2.45, 2.75) is 38.3 Å². The zero-order valence-corrected chi connectivity index (χ0v) is 19.1. The van der Waals surface area contributed by atoms with E-state index < -0.39 is 5.91 Å². The molecule has 2 amide bonds. The van der Waals surface area contributed by atoms with Gasteiger partial charge in [-0.25, -0.2) is 14.4 Å². The predicted octanol–water partition coefficient (Wildman–Crippen LogP) is 2.90. The van der Waals surface area contributed by atoms with Crippen LogP contribution < -0.4 is 26.8 Å². The summed E-state index contributed by atoms with van der Waals surface area (Å²) in [5, 5.41) is 6.13. The molecule has 2 aliphatic rings. The Hall–Kier alpha value is -4.05. The number of nitrogen functional groups attached to an aromatic ring is 1. The lowest BCUT2D eigenvalue weighted by atomic mass is 10.1. The number of halogens is 1. The molecule has 1 aliphatic heterocycles. The van der Waals surface area contributed by atoms with Crippen LogP contribution in [-0.4, -0.2) is 34.4 Å². The van der Waals surface area contributed by atoms with Gasteiger partial charge in [0.05, 0.1) is 0 Å². The summed E-state index contributed by atoms with van der Waals surface area (Å²) in [6, 6.07) is 13.1. The van der Waals surface area contributed by atoms with Crippen LogP contribution in [0.15, 0.2) is 48.5 Å². The van der Waals surface area contributed by atoms with Crippen molar-refractivity contribution in [2.75, 3.05) is 12.3 Å². The average Bonchev–Trinajstić information content (AvgIpc) is 3.55. The van der Waals surface area contributed by atoms with Gasteiger partial charge in [0.1, 0.15) is 28.8 Å². The summed E-state index contributed by atoms with van der Waals surface area (Å²) in [5.41, 5.74) is 12.8. The van der Waals surface area contributed by atoms with Gasteiger partial charge in [-0.05, 0) is 67.3 Å². The molecule has 1 aliphatic carbocycles. The number of carbonyl (C=O) groups is 2. The smallest absolute Gasteiger partial charge is 0.267 e. The van der Waals surface area contributed by atoms with Crippen molar-refractivity contribution >= 4 is 17.6 Å². The minimum Gasteiger partial charge on any atom is -0.457 e. The van der Waals surface area contributed by atoms with Gasteiger partial charge in [-0.15, -0.1) is 0 Å². The summed E-state index contributed by atoms with van der Waals surface area (Å²) in [6.07, 6.45) is 4.04. The van der Waals surface area contributed by atoms with Crippen LogP contribution in [0, 0.1) is 5.82 Å². The van der Waals surface area contributed by atoms with Crippen LogP contribution in [0.3, 0.4) is 0 Å². The molecule has 6 N–H and O–H groups in total. The molecule has 0 unspecified atom stereocenters. The van der Waals surface area contributed by atoms with Crippen molar-refractivity contribution in [2.24, 2.45) is 5.73 Å². The van der Waals surface area contributed by atoms with Crippen LogP contribution in [0.25, 0.3) is 11.4 Å². The summed E-state index contributed by atoms with van der Waals surface area (Å²) < 4.78 is 19.0. The first-order chi connectivity index (χ1) is 16.9. The summed E-state index contributed by atoms with van der Waals surface area (Å²) in [5.74, 6) is 0.801. The number of hydrogen-bond donors (Lipinski definition) is 4. The van der Waals surface area contributed by atoms with E-state index in [1.54, 1.807) is 18.2 Å². The third-order valence-corrected chi connectivity index (χ3v) is 5.43. The average molecular weight is 479 g/mol.